The predicted octanol–water partition coefficient (Wildman–Crippen LogP) is 4.01. The van der Waals surface area contributed by atoms with Crippen molar-refractivity contribution in [2.75, 3.05) is 5.32 Å². The average molecular weight is 365 g/mol. The Labute approximate surface area is 156 Å². The van der Waals surface area contributed by atoms with Crippen LogP contribution in [0.15, 0.2) is 64.4 Å². The first-order chi connectivity index (χ1) is 12.5. The van der Waals surface area contributed by atoms with E-state index in [1.807, 2.05) is 48.5 Å². The minimum atomic E-state index is -0.662. The molecule has 0 radical (unpaired) electrons. The molecule has 1 aromatic heterocycles. The van der Waals surface area contributed by atoms with Gasteiger partial charge in [0.25, 0.3) is 11.7 Å². The molecule has 0 atom stereocenters. The summed E-state index contributed by atoms with van der Waals surface area (Å²) in [5.41, 5.74) is 2.20. The standard InChI is InChI=1S/C20H19N3O2S/c1-13-18(14(2)23(3)22-13)19(24)20(25)21-16-11-7-8-12-17(16)26-15-9-5-4-6-10-15/h4-12H,1-3H3,(H,21,25). The van der Waals surface area contributed by atoms with Crippen LogP contribution in [-0.2, 0) is 11.8 Å². The summed E-state index contributed by atoms with van der Waals surface area (Å²) in [6.07, 6.45) is 0. The van der Waals surface area contributed by atoms with Crippen LogP contribution >= 0.6 is 11.8 Å². The number of Topliss-reactive ketones (excluding diaryl/α,β-unsaturated/α-hetero) is 1. The summed E-state index contributed by atoms with van der Waals surface area (Å²) in [5, 5.41) is 6.95. The first-order valence-corrected chi connectivity index (χ1v) is 8.97. The number of rotatable bonds is 5. The molecule has 0 aliphatic carbocycles. The Morgan fingerprint density at radius 2 is 1.65 bits per heavy atom. The summed E-state index contributed by atoms with van der Waals surface area (Å²) in [4.78, 5) is 27.1. The smallest absolute Gasteiger partial charge is 0.296 e. The lowest BCUT2D eigenvalue weighted by Crippen LogP contribution is -2.24. The van der Waals surface area contributed by atoms with Crippen molar-refractivity contribution in [1.82, 2.24) is 9.78 Å². The minimum absolute atomic E-state index is 0.359. The molecule has 0 aliphatic rings. The molecule has 1 amide bonds. The van der Waals surface area contributed by atoms with Gasteiger partial charge in [0.2, 0.25) is 0 Å². The Morgan fingerprint density at radius 3 is 2.31 bits per heavy atom. The fraction of sp³-hybridized carbons (Fsp3) is 0.150. The summed E-state index contributed by atoms with van der Waals surface area (Å²) in [6, 6.07) is 17.3. The number of amides is 1. The summed E-state index contributed by atoms with van der Waals surface area (Å²) >= 11 is 1.53. The highest BCUT2D eigenvalue weighted by molar-refractivity contribution is 7.99. The number of para-hydroxylation sites is 1. The highest BCUT2D eigenvalue weighted by atomic mass is 32.2. The van der Waals surface area contributed by atoms with Gasteiger partial charge in [0.1, 0.15) is 0 Å². The van der Waals surface area contributed by atoms with Crippen LogP contribution in [0.2, 0.25) is 0 Å². The van der Waals surface area contributed by atoms with Gasteiger partial charge in [-0.15, -0.1) is 0 Å². The second kappa shape index (κ2) is 7.58. The Bertz CT molecular complexity index is 964. The molecule has 0 spiro atoms. The summed E-state index contributed by atoms with van der Waals surface area (Å²) in [5.74, 6) is -1.24. The van der Waals surface area contributed by atoms with E-state index < -0.39 is 11.7 Å². The number of anilines is 1. The molecule has 0 bridgehead atoms. The lowest BCUT2D eigenvalue weighted by molar-refractivity contribution is -0.112. The van der Waals surface area contributed by atoms with Crippen molar-refractivity contribution in [1.29, 1.82) is 0 Å². The van der Waals surface area contributed by atoms with E-state index in [0.717, 1.165) is 9.79 Å². The third kappa shape index (κ3) is 3.70. The van der Waals surface area contributed by atoms with E-state index in [0.29, 0.717) is 22.6 Å². The molecule has 26 heavy (non-hydrogen) atoms. The van der Waals surface area contributed by atoms with Crippen LogP contribution in [0.1, 0.15) is 21.7 Å². The molecule has 0 saturated heterocycles. The summed E-state index contributed by atoms with van der Waals surface area (Å²) in [7, 11) is 1.75. The number of hydrogen-bond acceptors (Lipinski definition) is 4. The normalized spacial score (nSPS) is 10.6. The zero-order valence-electron chi connectivity index (χ0n) is 14.8. The highest BCUT2D eigenvalue weighted by Crippen LogP contribution is 2.33. The van der Waals surface area contributed by atoms with Gasteiger partial charge in [0.05, 0.1) is 16.9 Å². The summed E-state index contributed by atoms with van der Waals surface area (Å²) < 4.78 is 1.61. The number of carbonyl (C=O) groups excluding carboxylic acids is 2. The molecule has 0 aliphatic heterocycles. The van der Waals surface area contributed by atoms with Crippen LogP contribution < -0.4 is 5.32 Å². The van der Waals surface area contributed by atoms with Crippen molar-refractivity contribution < 1.29 is 9.59 Å². The van der Waals surface area contributed by atoms with Crippen molar-refractivity contribution in [3.8, 4) is 0 Å². The molecular formula is C20H19N3O2S. The Balaban J connectivity index is 1.83. The number of benzene rings is 2. The first-order valence-electron chi connectivity index (χ1n) is 8.15. The van der Waals surface area contributed by atoms with Gasteiger partial charge in [-0.25, -0.2) is 0 Å². The fourth-order valence-electron chi connectivity index (χ4n) is 2.67. The van der Waals surface area contributed by atoms with Crippen LogP contribution in [-0.4, -0.2) is 21.5 Å². The lowest BCUT2D eigenvalue weighted by Gasteiger charge is -2.10. The third-order valence-electron chi connectivity index (χ3n) is 4.05. The fourth-order valence-corrected chi connectivity index (χ4v) is 3.59. The van der Waals surface area contributed by atoms with Crippen LogP contribution in [0, 0.1) is 13.8 Å². The number of nitrogens with one attached hydrogen (secondary N) is 1. The molecule has 132 valence electrons. The molecule has 1 N–H and O–H groups in total. The number of aromatic nitrogens is 2. The number of ketones is 1. The van der Waals surface area contributed by atoms with Crippen LogP contribution in [0.3, 0.4) is 0 Å². The topological polar surface area (TPSA) is 64.0 Å². The van der Waals surface area contributed by atoms with Crippen LogP contribution in [0.5, 0.6) is 0 Å². The van der Waals surface area contributed by atoms with Crippen LogP contribution in [0.4, 0.5) is 5.69 Å². The van der Waals surface area contributed by atoms with Gasteiger partial charge in [0, 0.05) is 22.5 Å². The van der Waals surface area contributed by atoms with E-state index in [-0.39, 0.29) is 0 Å². The van der Waals surface area contributed by atoms with Gasteiger partial charge >= 0.3 is 0 Å². The van der Waals surface area contributed by atoms with E-state index in [1.54, 1.807) is 31.6 Å². The maximum atomic E-state index is 12.6. The van der Waals surface area contributed by atoms with E-state index in [1.165, 1.54) is 11.8 Å². The van der Waals surface area contributed by atoms with E-state index >= 15 is 0 Å². The van der Waals surface area contributed by atoms with E-state index in [4.69, 9.17) is 0 Å². The molecule has 3 rings (SSSR count). The highest BCUT2D eigenvalue weighted by Gasteiger charge is 2.24. The summed E-state index contributed by atoms with van der Waals surface area (Å²) in [6.45, 7) is 3.51. The quantitative estimate of drug-likeness (QED) is 0.548. The van der Waals surface area contributed by atoms with Gasteiger partial charge < -0.3 is 5.32 Å². The lowest BCUT2D eigenvalue weighted by atomic mass is 10.1. The van der Waals surface area contributed by atoms with Crippen molar-refractivity contribution >= 4 is 29.1 Å². The zero-order chi connectivity index (χ0) is 18.7. The molecule has 0 fully saturated rings. The Hall–Kier alpha value is -2.86. The van der Waals surface area contributed by atoms with Crippen molar-refractivity contribution in [2.45, 2.75) is 23.6 Å². The SMILES string of the molecule is Cc1nn(C)c(C)c1C(=O)C(=O)Nc1ccccc1Sc1ccccc1. The molecule has 3 aromatic rings. The minimum Gasteiger partial charge on any atom is -0.318 e. The van der Waals surface area contributed by atoms with Gasteiger partial charge in [-0.1, -0.05) is 42.1 Å². The van der Waals surface area contributed by atoms with E-state index in [2.05, 4.69) is 10.4 Å². The van der Waals surface area contributed by atoms with E-state index in [9.17, 15) is 9.59 Å². The second-order valence-corrected chi connectivity index (χ2v) is 6.98. The first kappa shape index (κ1) is 17.9. The number of hydrogen-bond donors (Lipinski definition) is 1. The molecule has 1 heterocycles. The van der Waals surface area contributed by atoms with Gasteiger partial charge in [0.15, 0.2) is 0 Å². The number of carbonyl (C=O) groups is 2. The monoisotopic (exact) mass is 365 g/mol. The molecule has 6 heteroatoms. The van der Waals surface area contributed by atoms with Crippen molar-refractivity contribution in [2.24, 2.45) is 7.05 Å². The Morgan fingerprint density at radius 1 is 1.00 bits per heavy atom. The van der Waals surface area contributed by atoms with Gasteiger partial charge in [-0.05, 0) is 38.1 Å². The van der Waals surface area contributed by atoms with Gasteiger partial charge in [-0.2, -0.15) is 5.10 Å². The van der Waals surface area contributed by atoms with Crippen molar-refractivity contribution in [3.05, 3.63) is 71.5 Å². The maximum absolute atomic E-state index is 12.6. The average Bonchev–Trinajstić information content (AvgIpc) is 2.89. The molecule has 2 aromatic carbocycles. The Kier molecular flexibility index (Phi) is 5.23. The molecule has 0 saturated carbocycles. The second-order valence-electron chi connectivity index (χ2n) is 5.86. The molecular weight excluding hydrogens is 346 g/mol. The molecule has 5 nitrogen and oxygen atoms in total. The number of aryl methyl sites for hydroxylation is 2. The zero-order valence-corrected chi connectivity index (χ0v) is 15.6. The maximum Gasteiger partial charge on any atom is 0.296 e. The van der Waals surface area contributed by atoms with Crippen molar-refractivity contribution in [3.63, 3.8) is 0 Å². The third-order valence-corrected chi connectivity index (χ3v) is 5.13. The number of nitrogens with zero attached hydrogens (tertiary/aromatic N) is 2. The van der Waals surface area contributed by atoms with Crippen LogP contribution in [0.25, 0.3) is 0 Å². The largest absolute Gasteiger partial charge is 0.318 e. The van der Waals surface area contributed by atoms with Gasteiger partial charge in [-0.3, -0.25) is 14.3 Å². The predicted molar refractivity (Wildman–Crippen MR) is 103 cm³/mol. The molecule has 0 unspecified atom stereocenters.